The molecule has 31 heavy (non-hydrogen) atoms. The van der Waals surface area contributed by atoms with Gasteiger partial charge in [-0.3, -0.25) is 0 Å². The first-order chi connectivity index (χ1) is 14.7. The average molecular weight is 427 g/mol. The van der Waals surface area contributed by atoms with Crippen molar-refractivity contribution in [3.8, 4) is 0 Å². The van der Waals surface area contributed by atoms with Crippen molar-refractivity contribution in [3.63, 3.8) is 0 Å². The quantitative estimate of drug-likeness (QED) is 0.619. The number of esters is 1. The summed E-state index contributed by atoms with van der Waals surface area (Å²) in [6.07, 6.45) is 13.1. The summed E-state index contributed by atoms with van der Waals surface area (Å²) in [4.78, 5) is 11.7. The number of fused-ring (bicyclic) bond motifs is 1. The first-order valence-corrected chi connectivity index (χ1v) is 12.0. The second kappa shape index (κ2) is 8.71. The third-order valence-electron chi connectivity index (χ3n) is 8.61. The van der Waals surface area contributed by atoms with E-state index < -0.39 is 12.2 Å². The molecular formula is C27H38O4. The van der Waals surface area contributed by atoms with Crippen molar-refractivity contribution in [1.82, 2.24) is 0 Å². The molecule has 0 saturated heterocycles. The molecular weight excluding hydrogens is 388 g/mol. The molecule has 2 N–H and O–H groups in total. The molecule has 0 amide bonds. The van der Waals surface area contributed by atoms with E-state index >= 15 is 0 Å². The van der Waals surface area contributed by atoms with Crippen molar-refractivity contribution < 1.29 is 19.7 Å². The Hall–Kier alpha value is -1.65. The van der Waals surface area contributed by atoms with E-state index in [4.69, 9.17) is 4.74 Å². The largest absolute Gasteiger partial charge is 0.455 e. The topological polar surface area (TPSA) is 66.8 Å². The van der Waals surface area contributed by atoms with Crippen molar-refractivity contribution in [3.05, 3.63) is 47.1 Å². The fraction of sp³-hybridized carbons (Fsp3) is 0.667. The van der Waals surface area contributed by atoms with Crippen LogP contribution in [0.3, 0.4) is 0 Å². The second-order valence-electron chi connectivity index (χ2n) is 10.7. The molecule has 0 spiro atoms. The summed E-state index contributed by atoms with van der Waals surface area (Å²) in [7, 11) is 0. The van der Waals surface area contributed by atoms with Crippen LogP contribution < -0.4 is 0 Å². The van der Waals surface area contributed by atoms with E-state index in [1.165, 1.54) is 31.3 Å². The molecule has 0 aromatic carbocycles. The highest BCUT2D eigenvalue weighted by Gasteiger charge is 2.51. The molecule has 1 heterocycles. The van der Waals surface area contributed by atoms with E-state index in [0.29, 0.717) is 30.6 Å². The molecule has 3 fully saturated rings. The molecule has 0 bridgehead atoms. The Bertz CT molecular complexity index is 834. The van der Waals surface area contributed by atoms with Crippen molar-refractivity contribution >= 4 is 5.97 Å². The fourth-order valence-corrected chi connectivity index (χ4v) is 6.94. The maximum absolute atomic E-state index is 11.7. The van der Waals surface area contributed by atoms with Gasteiger partial charge in [-0.15, -0.1) is 0 Å². The zero-order chi connectivity index (χ0) is 22.3. The van der Waals surface area contributed by atoms with Gasteiger partial charge in [0, 0.05) is 12.0 Å². The minimum absolute atomic E-state index is 0.0661. The Morgan fingerprint density at radius 3 is 2.81 bits per heavy atom. The highest BCUT2D eigenvalue weighted by molar-refractivity contribution is 5.90. The van der Waals surface area contributed by atoms with Gasteiger partial charge in [0.05, 0.1) is 12.2 Å². The van der Waals surface area contributed by atoms with Gasteiger partial charge in [-0.25, -0.2) is 4.79 Å². The summed E-state index contributed by atoms with van der Waals surface area (Å²) in [5, 5.41) is 20.2. The minimum Gasteiger partial charge on any atom is -0.455 e. The SMILES string of the molecule is C=C1/C(=C\C=C2/CCC[C@@]3(C)C2CC[C@@H]3[C@H](C)CC2C=C(C)C(=O)O2)C[C@@H](O)C[C@@H]1O. The molecule has 4 heteroatoms. The van der Waals surface area contributed by atoms with Crippen LogP contribution in [0.1, 0.15) is 72.1 Å². The number of allylic oxidation sites excluding steroid dienone is 3. The molecule has 3 aliphatic carbocycles. The first kappa shape index (κ1) is 22.5. The molecule has 4 aliphatic rings. The first-order valence-electron chi connectivity index (χ1n) is 12.0. The summed E-state index contributed by atoms with van der Waals surface area (Å²) < 4.78 is 5.53. The van der Waals surface area contributed by atoms with E-state index in [9.17, 15) is 15.0 Å². The van der Waals surface area contributed by atoms with Gasteiger partial charge < -0.3 is 14.9 Å². The van der Waals surface area contributed by atoms with Crippen LogP contribution in [0.4, 0.5) is 0 Å². The smallest absolute Gasteiger partial charge is 0.334 e. The monoisotopic (exact) mass is 426 g/mol. The van der Waals surface area contributed by atoms with Crippen LogP contribution in [0.15, 0.2) is 47.1 Å². The number of ether oxygens (including phenoxy) is 1. The van der Waals surface area contributed by atoms with Crippen molar-refractivity contribution in [1.29, 1.82) is 0 Å². The molecule has 2 unspecified atom stereocenters. The lowest BCUT2D eigenvalue weighted by Crippen LogP contribution is -2.36. The number of aliphatic hydroxyl groups excluding tert-OH is 2. The van der Waals surface area contributed by atoms with Crippen LogP contribution in [0.5, 0.6) is 0 Å². The van der Waals surface area contributed by atoms with Gasteiger partial charge in [0.1, 0.15) is 6.10 Å². The zero-order valence-electron chi connectivity index (χ0n) is 19.3. The van der Waals surface area contributed by atoms with Gasteiger partial charge >= 0.3 is 5.97 Å². The van der Waals surface area contributed by atoms with Gasteiger partial charge in [-0.05, 0) is 92.3 Å². The predicted molar refractivity (Wildman–Crippen MR) is 122 cm³/mol. The standard InChI is InChI=1S/C27H38O4/c1-16(12-22-13-17(2)26(30)31-22)23-9-10-24-19(6-5-11-27(23,24)4)7-8-20-14-21(28)15-25(29)18(20)3/h7-8,13,16,21-25,28-29H,3,5-6,9-12,14-15H2,1-2,4H3/b19-7+,20-8-/t16-,21-,22?,23-,24?,25+,27-/m1/s1. The molecule has 1 aliphatic heterocycles. The summed E-state index contributed by atoms with van der Waals surface area (Å²) in [6, 6.07) is 0. The normalized spacial score (nSPS) is 42.0. The summed E-state index contributed by atoms with van der Waals surface area (Å²) in [5.74, 6) is 1.56. The van der Waals surface area contributed by atoms with Gasteiger partial charge in [-0.2, -0.15) is 0 Å². The van der Waals surface area contributed by atoms with Crippen LogP contribution in [-0.2, 0) is 9.53 Å². The number of carbonyl (C=O) groups excluding carboxylic acids is 1. The molecule has 0 aromatic rings. The van der Waals surface area contributed by atoms with Crippen molar-refractivity contribution in [2.24, 2.45) is 23.2 Å². The number of hydrogen-bond donors (Lipinski definition) is 2. The van der Waals surface area contributed by atoms with E-state index in [1.54, 1.807) is 0 Å². The third-order valence-corrected chi connectivity index (χ3v) is 8.61. The number of cyclic esters (lactones) is 1. The van der Waals surface area contributed by atoms with Crippen molar-refractivity contribution in [2.75, 3.05) is 0 Å². The van der Waals surface area contributed by atoms with Crippen LogP contribution in [-0.4, -0.2) is 34.5 Å². The predicted octanol–water partition coefficient (Wildman–Crippen LogP) is 5.03. The Morgan fingerprint density at radius 1 is 1.32 bits per heavy atom. The van der Waals surface area contributed by atoms with Crippen LogP contribution in [0, 0.1) is 23.2 Å². The third kappa shape index (κ3) is 4.34. The average Bonchev–Trinajstić information content (AvgIpc) is 3.22. The Morgan fingerprint density at radius 2 is 2.10 bits per heavy atom. The number of rotatable bonds is 4. The number of aliphatic hydroxyl groups is 2. The maximum atomic E-state index is 11.7. The highest BCUT2D eigenvalue weighted by atomic mass is 16.5. The van der Waals surface area contributed by atoms with E-state index in [1.807, 2.05) is 13.0 Å². The van der Waals surface area contributed by atoms with Crippen LogP contribution in [0.25, 0.3) is 0 Å². The summed E-state index contributed by atoms with van der Waals surface area (Å²) in [6.45, 7) is 10.7. The molecule has 4 rings (SSSR count). The van der Waals surface area contributed by atoms with Crippen LogP contribution in [0.2, 0.25) is 0 Å². The fourth-order valence-electron chi connectivity index (χ4n) is 6.94. The molecule has 7 atom stereocenters. The van der Waals surface area contributed by atoms with Crippen LogP contribution >= 0.6 is 0 Å². The van der Waals surface area contributed by atoms with Gasteiger partial charge in [-0.1, -0.05) is 38.2 Å². The lowest BCUT2D eigenvalue weighted by Gasteiger charge is -2.44. The second-order valence-corrected chi connectivity index (χ2v) is 10.7. The Balaban J connectivity index is 1.48. The van der Waals surface area contributed by atoms with Crippen molar-refractivity contribution in [2.45, 2.75) is 90.4 Å². The molecule has 3 saturated carbocycles. The van der Waals surface area contributed by atoms with Gasteiger partial charge in [0.25, 0.3) is 0 Å². The van der Waals surface area contributed by atoms with E-state index in [2.05, 4.69) is 32.6 Å². The van der Waals surface area contributed by atoms with Gasteiger partial charge in [0.2, 0.25) is 0 Å². The zero-order valence-corrected chi connectivity index (χ0v) is 19.3. The highest BCUT2D eigenvalue weighted by Crippen LogP contribution is 2.60. The lowest BCUT2D eigenvalue weighted by molar-refractivity contribution is -0.140. The summed E-state index contributed by atoms with van der Waals surface area (Å²) >= 11 is 0. The molecule has 0 radical (unpaired) electrons. The molecule has 170 valence electrons. The molecule has 4 nitrogen and oxygen atoms in total. The summed E-state index contributed by atoms with van der Waals surface area (Å²) in [5.41, 5.74) is 4.28. The van der Waals surface area contributed by atoms with E-state index in [0.717, 1.165) is 29.6 Å². The number of hydrogen-bond acceptors (Lipinski definition) is 4. The molecule has 0 aromatic heterocycles. The Kier molecular flexibility index (Phi) is 6.33. The Labute approximate surface area is 186 Å². The minimum atomic E-state index is -0.635. The lowest BCUT2D eigenvalue weighted by atomic mass is 9.60. The number of carbonyl (C=O) groups is 1. The van der Waals surface area contributed by atoms with E-state index in [-0.39, 0.29) is 17.5 Å². The maximum Gasteiger partial charge on any atom is 0.334 e. The van der Waals surface area contributed by atoms with Gasteiger partial charge in [0.15, 0.2) is 0 Å².